The third-order valence-corrected chi connectivity index (χ3v) is 1.89. The van der Waals surface area contributed by atoms with Gasteiger partial charge in [0.25, 0.3) is 0 Å². The second-order valence-electron chi connectivity index (χ2n) is 2.91. The van der Waals surface area contributed by atoms with Crippen LogP contribution in [-0.4, -0.2) is 19.3 Å². The molecule has 0 saturated heterocycles. The average Bonchev–Trinajstić information content (AvgIpc) is 2.07. The predicted octanol–water partition coefficient (Wildman–Crippen LogP) is 1.46. The summed E-state index contributed by atoms with van der Waals surface area (Å²) in [7, 11) is 0. The molecule has 2 nitrogen and oxygen atoms in total. The number of hydrogen-bond donors (Lipinski definition) is 1. The van der Waals surface area contributed by atoms with Crippen LogP contribution in [0.25, 0.3) is 0 Å². The summed E-state index contributed by atoms with van der Waals surface area (Å²) in [6.07, 6.45) is 9.39. The highest BCUT2D eigenvalue weighted by molar-refractivity contribution is 4.93. The Hall–Kier alpha value is -0.340. The van der Waals surface area contributed by atoms with Crippen molar-refractivity contribution in [3.8, 4) is 0 Å². The van der Waals surface area contributed by atoms with E-state index in [1.807, 2.05) is 0 Å². The monoisotopic (exact) mass is 155 g/mol. The van der Waals surface area contributed by atoms with Gasteiger partial charge in [0.2, 0.25) is 0 Å². The molecule has 0 bridgehead atoms. The maximum absolute atomic E-state index is 5.56. The van der Waals surface area contributed by atoms with E-state index in [1.165, 1.54) is 19.3 Å². The van der Waals surface area contributed by atoms with E-state index in [9.17, 15) is 0 Å². The van der Waals surface area contributed by atoms with E-state index in [0.29, 0.717) is 6.10 Å². The smallest absolute Gasteiger partial charge is 0.0755 e. The summed E-state index contributed by atoms with van der Waals surface area (Å²) >= 11 is 0. The van der Waals surface area contributed by atoms with Gasteiger partial charge in [-0.05, 0) is 32.2 Å². The summed E-state index contributed by atoms with van der Waals surface area (Å²) in [5.74, 6) is 0. The van der Waals surface area contributed by atoms with Gasteiger partial charge in [0, 0.05) is 6.61 Å². The van der Waals surface area contributed by atoms with Crippen molar-refractivity contribution < 1.29 is 4.74 Å². The fraction of sp³-hybridized carbons (Fsp3) is 0.778. The molecule has 0 amide bonds. The number of rotatable bonds is 4. The van der Waals surface area contributed by atoms with Crippen LogP contribution in [0.1, 0.15) is 25.7 Å². The standard InChI is InChI=1S/C9H17NO/c10-7-4-8-11-9-5-2-1-3-6-9/h2,5,9H,1,3-4,6-8,10H2. The molecular weight excluding hydrogens is 138 g/mol. The van der Waals surface area contributed by atoms with E-state index < -0.39 is 0 Å². The molecule has 0 heterocycles. The Labute approximate surface area is 68.4 Å². The quantitative estimate of drug-likeness (QED) is 0.493. The molecule has 0 saturated carbocycles. The van der Waals surface area contributed by atoms with Gasteiger partial charge in [-0.3, -0.25) is 0 Å². The number of nitrogens with two attached hydrogens (primary N) is 1. The maximum Gasteiger partial charge on any atom is 0.0755 e. The lowest BCUT2D eigenvalue weighted by Gasteiger charge is -2.16. The Morgan fingerprint density at radius 2 is 2.45 bits per heavy atom. The van der Waals surface area contributed by atoms with Gasteiger partial charge in [0.1, 0.15) is 0 Å². The van der Waals surface area contributed by atoms with Crippen molar-refractivity contribution in [1.82, 2.24) is 0 Å². The van der Waals surface area contributed by atoms with Crippen molar-refractivity contribution in [1.29, 1.82) is 0 Å². The average molecular weight is 155 g/mol. The minimum atomic E-state index is 0.371. The Morgan fingerprint density at radius 1 is 1.55 bits per heavy atom. The van der Waals surface area contributed by atoms with Gasteiger partial charge in [0.15, 0.2) is 0 Å². The molecule has 1 atom stereocenters. The molecule has 1 unspecified atom stereocenters. The van der Waals surface area contributed by atoms with E-state index in [4.69, 9.17) is 10.5 Å². The van der Waals surface area contributed by atoms with Crippen LogP contribution in [0.4, 0.5) is 0 Å². The Kier molecular flexibility index (Phi) is 4.24. The zero-order chi connectivity index (χ0) is 7.94. The molecule has 0 aromatic rings. The molecule has 64 valence electrons. The summed E-state index contributed by atoms with van der Waals surface area (Å²) in [4.78, 5) is 0. The summed E-state index contributed by atoms with van der Waals surface area (Å²) < 4.78 is 5.56. The summed E-state index contributed by atoms with van der Waals surface area (Å²) in [5, 5.41) is 0. The molecule has 1 aliphatic carbocycles. The second kappa shape index (κ2) is 5.33. The Bertz CT molecular complexity index is 123. The van der Waals surface area contributed by atoms with Crippen LogP contribution in [-0.2, 0) is 4.74 Å². The maximum atomic E-state index is 5.56. The fourth-order valence-electron chi connectivity index (χ4n) is 1.24. The molecule has 0 fully saturated rings. The van der Waals surface area contributed by atoms with Gasteiger partial charge in [0.05, 0.1) is 6.10 Å². The first-order valence-corrected chi connectivity index (χ1v) is 4.42. The Balaban J connectivity index is 2.05. The lowest BCUT2D eigenvalue weighted by atomic mass is 10.1. The van der Waals surface area contributed by atoms with Crippen molar-refractivity contribution in [2.45, 2.75) is 31.8 Å². The van der Waals surface area contributed by atoms with Gasteiger partial charge in [-0.25, -0.2) is 0 Å². The summed E-state index contributed by atoms with van der Waals surface area (Å²) in [6.45, 7) is 1.54. The van der Waals surface area contributed by atoms with Gasteiger partial charge in [-0.15, -0.1) is 0 Å². The molecule has 11 heavy (non-hydrogen) atoms. The number of ether oxygens (including phenoxy) is 1. The zero-order valence-corrected chi connectivity index (χ0v) is 6.96. The third-order valence-electron chi connectivity index (χ3n) is 1.89. The number of hydrogen-bond acceptors (Lipinski definition) is 2. The third kappa shape index (κ3) is 3.54. The molecular formula is C9H17NO. The topological polar surface area (TPSA) is 35.2 Å². The highest BCUT2D eigenvalue weighted by Gasteiger charge is 2.06. The normalized spacial score (nSPS) is 23.9. The first-order chi connectivity index (χ1) is 5.43. The van der Waals surface area contributed by atoms with Crippen molar-refractivity contribution in [2.75, 3.05) is 13.2 Å². The van der Waals surface area contributed by atoms with Crippen molar-refractivity contribution >= 4 is 0 Å². The second-order valence-corrected chi connectivity index (χ2v) is 2.91. The van der Waals surface area contributed by atoms with Crippen LogP contribution in [0.2, 0.25) is 0 Å². The first-order valence-electron chi connectivity index (χ1n) is 4.42. The number of allylic oxidation sites excluding steroid dienone is 1. The van der Waals surface area contributed by atoms with Gasteiger partial charge in [-0.2, -0.15) is 0 Å². The van der Waals surface area contributed by atoms with Gasteiger partial charge in [-0.1, -0.05) is 12.2 Å². The highest BCUT2D eigenvalue weighted by atomic mass is 16.5. The minimum Gasteiger partial charge on any atom is -0.374 e. The van der Waals surface area contributed by atoms with Crippen molar-refractivity contribution in [2.24, 2.45) is 5.73 Å². The van der Waals surface area contributed by atoms with E-state index in [1.54, 1.807) is 0 Å². The van der Waals surface area contributed by atoms with Gasteiger partial charge < -0.3 is 10.5 Å². The zero-order valence-electron chi connectivity index (χ0n) is 6.96. The van der Waals surface area contributed by atoms with Crippen LogP contribution in [0.5, 0.6) is 0 Å². The molecule has 2 N–H and O–H groups in total. The molecule has 1 rings (SSSR count). The molecule has 0 aromatic carbocycles. The lowest BCUT2D eigenvalue weighted by molar-refractivity contribution is 0.0747. The molecule has 1 aliphatic rings. The van der Waals surface area contributed by atoms with Crippen LogP contribution in [0.3, 0.4) is 0 Å². The van der Waals surface area contributed by atoms with Crippen LogP contribution in [0, 0.1) is 0 Å². The Morgan fingerprint density at radius 3 is 3.09 bits per heavy atom. The van der Waals surface area contributed by atoms with Crippen molar-refractivity contribution in [3.05, 3.63) is 12.2 Å². The van der Waals surface area contributed by atoms with E-state index in [-0.39, 0.29) is 0 Å². The highest BCUT2D eigenvalue weighted by Crippen LogP contribution is 2.13. The largest absolute Gasteiger partial charge is 0.374 e. The lowest BCUT2D eigenvalue weighted by Crippen LogP contribution is -2.14. The summed E-state index contributed by atoms with van der Waals surface area (Å²) in [5.41, 5.74) is 5.35. The molecule has 0 spiro atoms. The molecule has 2 heteroatoms. The SMILES string of the molecule is NCCCOC1C=CCCC1. The van der Waals surface area contributed by atoms with E-state index in [0.717, 1.165) is 19.6 Å². The van der Waals surface area contributed by atoms with Crippen LogP contribution < -0.4 is 5.73 Å². The minimum absolute atomic E-state index is 0.371. The van der Waals surface area contributed by atoms with Crippen molar-refractivity contribution in [3.63, 3.8) is 0 Å². The molecule has 0 aromatic heterocycles. The molecule has 0 aliphatic heterocycles. The fourth-order valence-corrected chi connectivity index (χ4v) is 1.24. The van der Waals surface area contributed by atoms with Gasteiger partial charge >= 0.3 is 0 Å². The predicted molar refractivity (Wildman–Crippen MR) is 46.4 cm³/mol. The molecule has 0 radical (unpaired) electrons. The van der Waals surface area contributed by atoms with E-state index in [2.05, 4.69) is 12.2 Å². The van der Waals surface area contributed by atoms with Crippen LogP contribution >= 0.6 is 0 Å². The van der Waals surface area contributed by atoms with Crippen LogP contribution in [0.15, 0.2) is 12.2 Å². The van der Waals surface area contributed by atoms with E-state index >= 15 is 0 Å². The first kappa shape index (κ1) is 8.75. The summed E-state index contributed by atoms with van der Waals surface area (Å²) in [6, 6.07) is 0.